The van der Waals surface area contributed by atoms with Crippen molar-refractivity contribution in [3.8, 4) is 0 Å². The third-order valence-electron chi connectivity index (χ3n) is 0. The van der Waals surface area contributed by atoms with Crippen LogP contribution in [0.15, 0.2) is 0 Å². The second-order valence-electron chi connectivity index (χ2n) is 1.51. The van der Waals surface area contributed by atoms with Gasteiger partial charge in [-0.3, -0.25) is 0 Å². The summed E-state index contributed by atoms with van der Waals surface area (Å²) in [6.07, 6.45) is 0. The van der Waals surface area contributed by atoms with Crippen molar-refractivity contribution in [1.29, 1.82) is 0 Å². The molecule has 24 heavy (non-hydrogen) atoms. The molecular weight excluding hydrogens is 1060 g/mol. The molecule has 0 saturated heterocycles. The van der Waals surface area contributed by atoms with E-state index in [1.54, 1.807) is 0 Å². The van der Waals surface area contributed by atoms with Crippen molar-refractivity contribution >= 4 is 0 Å². The summed E-state index contributed by atoms with van der Waals surface area (Å²) in [5.74, 6) is 0. The summed E-state index contributed by atoms with van der Waals surface area (Å²) in [5, 5.41) is 0. The van der Waals surface area contributed by atoms with Gasteiger partial charge in [0.05, 0.1) is 0 Å². The van der Waals surface area contributed by atoms with Crippen molar-refractivity contribution in [1.82, 2.24) is 24.6 Å². The molecule has 0 aromatic rings. The number of rotatable bonds is 0. The summed E-state index contributed by atoms with van der Waals surface area (Å²) >= 11 is -24.4. The Morgan fingerprint density at radius 1 is 0.292 bits per heavy atom. The molecule has 0 aliphatic carbocycles. The zero-order valence-corrected chi connectivity index (χ0v) is 22.9. The van der Waals surface area contributed by atoms with Gasteiger partial charge in [-0.25, -0.2) is 0 Å². The molecule has 0 unspecified atom stereocenters. The molecule has 0 atom stereocenters. The summed E-state index contributed by atoms with van der Waals surface area (Å²) in [4.78, 5) is 0. The minimum absolute atomic E-state index is 0. The first-order valence-electron chi connectivity index (χ1n) is 2.47. The fraction of sp³-hybridized carbons (Fsp3) is 0. The van der Waals surface area contributed by atoms with Gasteiger partial charge < -0.3 is 24.6 Å². The molecular formula is H16N4O16Re4. The molecule has 0 amide bonds. The molecule has 0 heterocycles. The van der Waals surface area contributed by atoms with Crippen LogP contribution in [0.4, 0.5) is 0 Å². The predicted molar refractivity (Wildman–Crippen MR) is 32.2 cm³/mol. The van der Waals surface area contributed by atoms with Crippen LogP contribution in [0.1, 0.15) is 0 Å². The van der Waals surface area contributed by atoms with E-state index in [0.29, 0.717) is 0 Å². The first-order valence-corrected chi connectivity index (χ1v) is 20.2. The van der Waals surface area contributed by atoms with Gasteiger partial charge in [-0.05, 0) is 0 Å². The predicted octanol–water partition coefficient (Wildman–Crippen LogP) is -4.69. The second kappa shape index (κ2) is 19.3. The molecule has 0 aromatic carbocycles. The van der Waals surface area contributed by atoms with Gasteiger partial charge in [0.1, 0.15) is 0 Å². The molecule has 24 heteroatoms. The molecule has 0 radical (unpaired) electrons. The third kappa shape index (κ3) is 1920000. The van der Waals surface area contributed by atoms with Crippen molar-refractivity contribution in [3.63, 3.8) is 0 Å². The summed E-state index contributed by atoms with van der Waals surface area (Å²) < 4.78 is 138. The van der Waals surface area contributed by atoms with E-state index in [2.05, 4.69) is 0 Å². The molecule has 160 valence electrons. The van der Waals surface area contributed by atoms with Crippen molar-refractivity contribution < 1.29 is 120 Å². The maximum atomic E-state index is 8.64. The monoisotopic (exact) mass is 1080 g/mol. The molecule has 0 aliphatic rings. The zero-order valence-electron chi connectivity index (χ0n) is 12.0. The van der Waals surface area contributed by atoms with Crippen LogP contribution in [0.25, 0.3) is 0 Å². The Kier molecular flexibility index (Phi) is 39.8. The maximum absolute atomic E-state index is 8.64. The van der Waals surface area contributed by atoms with E-state index in [0.717, 1.165) is 0 Å². The second-order valence-corrected chi connectivity index (χ2v) is 12.4. The van der Waals surface area contributed by atoms with Gasteiger partial charge in [-0.1, -0.05) is 0 Å². The van der Waals surface area contributed by atoms with E-state index in [1.165, 1.54) is 0 Å². The van der Waals surface area contributed by atoms with Crippen LogP contribution in [-0.2, 0) is 105 Å². The van der Waals surface area contributed by atoms with Gasteiger partial charge in [-0.2, -0.15) is 0 Å². The van der Waals surface area contributed by atoms with Crippen molar-refractivity contribution in [2.45, 2.75) is 0 Å². The summed E-state index contributed by atoms with van der Waals surface area (Å²) in [6.45, 7) is 0. The van der Waals surface area contributed by atoms with E-state index in [1.807, 2.05) is 0 Å². The van der Waals surface area contributed by atoms with Gasteiger partial charge in [0.2, 0.25) is 0 Å². The van der Waals surface area contributed by atoms with Crippen LogP contribution in [0.2, 0.25) is 0 Å². The molecule has 20 nitrogen and oxygen atoms in total. The first-order chi connectivity index (χ1) is 8.00. The first kappa shape index (κ1) is 49.6. The quantitative estimate of drug-likeness (QED) is 0.177. The van der Waals surface area contributed by atoms with Gasteiger partial charge in [-0.15, -0.1) is 0 Å². The number of quaternary nitrogens is 4. The van der Waals surface area contributed by atoms with Crippen molar-refractivity contribution in [2.24, 2.45) is 0 Å². The molecule has 16 N–H and O–H groups in total. The fourth-order valence-corrected chi connectivity index (χ4v) is 0. The van der Waals surface area contributed by atoms with Gasteiger partial charge in [0.25, 0.3) is 0 Å². The zero-order chi connectivity index (χ0) is 18.0. The molecule has 0 spiro atoms. The number of hydrogen-bond donors (Lipinski definition) is 4. The standard InChI is InChI=1S/4H3N.16O.4Re/h4*1H3;;;;;;;;;;;;;;;;;;;;/q;;;;;;;;;;;;;;;;4*-1;;;;/p+4. The Balaban J connectivity index is -0.0000000225. The van der Waals surface area contributed by atoms with E-state index in [4.69, 9.17) is 56.9 Å². The van der Waals surface area contributed by atoms with Crippen LogP contribution in [-0.4, -0.2) is 0 Å². The van der Waals surface area contributed by atoms with Crippen molar-refractivity contribution in [2.75, 3.05) is 0 Å². The van der Waals surface area contributed by atoms with Crippen LogP contribution in [0.3, 0.4) is 0 Å². The van der Waals surface area contributed by atoms with Crippen LogP contribution in [0, 0.1) is 0 Å². The Morgan fingerprint density at radius 3 is 0.292 bits per heavy atom. The molecule has 0 rings (SSSR count). The molecule has 0 bridgehead atoms. The summed E-state index contributed by atoms with van der Waals surface area (Å²) in [5.41, 5.74) is 0. The topological polar surface area (TPSA) is 443 Å². The van der Waals surface area contributed by atoms with E-state index < -0.39 is 63.1 Å². The van der Waals surface area contributed by atoms with E-state index in [-0.39, 0.29) is 24.6 Å². The van der Waals surface area contributed by atoms with Gasteiger partial charge in [0.15, 0.2) is 0 Å². The van der Waals surface area contributed by atoms with Gasteiger partial charge in [0, 0.05) is 0 Å². The average Bonchev–Trinajstić information content (AvgIpc) is 1.62. The fourth-order valence-electron chi connectivity index (χ4n) is 0. The van der Waals surface area contributed by atoms with Crippen LogP contribution >= 0.6 is 0 Å². The van der Waals surface area contributed by atoms with Crippen LogP contribution < -0.4 is 39.9 Å². The summed E-state index contributed by atoms with van der Waals surface area (Å²) in [6, 6.07) is 0. The third-order valence-corrected chi connectivity index (χ3v) is 0. The van der Waals surface area contributed by atoms with E-state index in [9.17, 15) is 0 Å². The molecule has 0 saturated carbocycles. The summed E-state index contributed by atoms with van der Waals surface area (Å²) in [7, 11) is 0. The molecule has 0 aliphatic heterocycles. The SMILES string of the molecule is [NH4+].[NH4+].[NH4+].[NH4+].[O]=[Re](=[O])(=[O])[O-].[O]=[Re](=[O])(=[O])[O-].[O]=[Re](=[O])(=[O])[O-].[O]=[Re](=[O])(=[O])[O-]. The van der Waals surface area contributed by atoms with Crippen LogP contribution in [0.5, 0.6) is 0 Å². The van der Waals surface area contributed by atoms with Crippen molar-refractivity contribution in [3.05, 3.63) is 0 Å². The van der Waals surface area contributed by atoms with Gasteiger partial charge >= 0.3 is 120 Å². The average molecular weight is 1070 g/mol. The Labute approximate surface area is 144 Å². The number of hydrogen-bond acceptors (Lipinski definition) is 16. The minimum atomic E-state index is -6.11. The Morgan fingerprint density at radius 2 is 0.292 bits per heavy atom. The molecule has 0 aromatic heterocycles. The van der Waals surface area contributed by atoms with E-state index >= 15 is 0 Å². The Hall–Kier alpha value is -0.0706. The Bertz CT molecular complexity index is 683. The normalized spacial score (nSPS) is 9.50. The molecule has 0 fully saturated rings.